The number of allylic oxidation sites excluding steroid dienone is 13. The van der Waals surface area contributed by atoms with E-state index in [4.69, 9.17) is 9.47 Å². The minimum absolute atomic E-state index is 0.189. The number of carbonyl (C=O) groups excluding carboxylic acids is 1. The normalized spacial score (nSPS) is 18.7. The number of carbonyl (C=O) groups is 1. The molecule has 6 N–H and O–H groups in total. The number of unbranched alkanes of at least 4 members (excludes halogenated alkanes) is 40. The Morgan fingerprint density at radius 2 is 0.750 bits per heavy atom. The van der Waals surface area contributed by atoms with Crippen molar-refractivity contribution < 1.29 is 39.8 Å². The van der Waals surface area contributed by atoms with Gasteiger partial charge in [0.05, 0.1) is 25.4 Å². The molecule has 1 saturated heterocycles. The topological polar surface area (TPSA) is 149 Å². The zero-order valence-corrected chi connectivity index (χ0v) is 54.6. The molecule has 0 aliphatic carbocycles. The van der Waals surface area contributed by atoms with Crippen LogP contribution in [0.2, 0.25) is 0 Å². The Hall–Kier alpha value is -2.63. The number of nitrogens with one attached hydrogen (secondary N) is 1. The number of hydrogen-bond acceptors (Lipinski definition) is 8. The molecule has 1 fully saturated rings. The molecule has 1 rings (SSSR count). The minimum Gasteiger partial charge on any atom is -0.394 e. The average Bonchev–Trinajstić information content (AvgIpc) is 3.69. The third-order valence-electron chi connectivity index (χ3n) is 16.7. The summed E-state index contributed by atoms with van der Waals surface area (Å²) < 4.78 is 11.3. The van der Waals surface area contributed by atoms with Crippen molar-refractivity contribution in [3.63, 3.8) is 0 Å². The molecule has 1 heterocycles. The van der Waals surface area contributed by atoms with Crippen LogP contribution in [0.5, 0.6) is 0 Å². The van der Waals surface area contributed by atoms with Gasteiger partial charge in [0, 0.05) is 6.42 Å². The summed E-state index contributed by atoms with van der Waals surface area (Å²) in [6.07, 6.45) is 84.2. The van der Waals surface area contributed by atoms with Crippen LogP contribution < -0.4 is 5.32 Å². The van der Waals surface area contributed by atoms with Gasteiger partial charge in [-0.05, 0) is 83.5 Å². The number of hydrogen-bond donors (Lipinski definition) is 6. The molecule has 488 valence electrons. The Labute approximate surface area is 518 Å². The van der Waals surface area contributed by atoms with Crippen LogP contribution in [0.3, 0.4) is 0 Å². The lowest BCUT2D eigenvalue weighted by Crippen LogP contribution is -2.60. The van der Waals surface area contributed by atoms with Gasteiger partial charge < -0.3 is 40.3 Å². The Morgan fingerprint density at radius 3 is 1.14 bits per heavy atom. The first kappa shape index (κ1) is 79.4. The molecule has 0 aromatic carbocycles. The van der Waals surface area contributed by atoms with Crippen molar-refractivity contribution in [3.05, 3.63) is 85.1 Å². The Morgan fingerprint density at radius 1 is 0.417 bits per heavy atom. The summed E-state index contributed by atoms with van der Waals surface area (Å²) in [5, 5.41) is 54.8. The smallest absolute Gasteiger partial charge is 0.220 e. The number of aliphatic hydroxyl groups is 5. The number of amides is 1. The predicted molar refractivity (Wildman–Crippen MR) is 359 cm³/mol. The molecule has 0 bridgehead atoms. The van der Waals surface area contributed by atoms with Crippen molar-refractivity contribution >= 4 is 5.91 Å². The van der Waals surface area contributed by atoms with E-state index in [0.717, 1.165) is 70.6 Å². The Kier molecular flexibility index (Phi) is 59.9. The molecule has 7 unspecified atom stereocenters. The van der Waals surface area contributed by atoms with Gasteiger partial charge in [-0.2, -0.15) is 0 Å². The molecular weight excluding hydrogens is 1040 g/mol. The van der Waals surface area contributed by atoms with E-state index in [9.17, 15) is 30.3 Å². The fourth-order valence-electron chi connectivity index (χ4n) is 11.1. The van der Waals surface area contributed by atoms with Crippen LogP contribution in [0, 0.1) is 0 Å². The molecule has 0 saturated carbocycles. The van der Waals surface area contributed by atoms with Crippen LogP contribution in [0.1, 0.15) is 328 Å². The van der Waals surface area contributed by atoms with Crippen molar-refractivity contribution in [2.45, 2.75) is 371 Å². The summed E-state index contributed by atoms with van der Waals surface area (Å²) in [6.45, 7) is 3.68. The Balaban J connectivity index is 2.16. The molecule has 1 aliphatic rings. The van der Waals surface area contributed by atoms with Crippen LogP contribution in [-0.4, -0.2) is 87.5 Å². The molecule has 0 spiro atoms. The quantitative estimate of drug-likeness (QED) is 0.0261. The van der Waals surface area contributed by atoms with Gasteiger partial charge in [-0.1, -0.05) is 324 Å². The summed E-state index contributed by atoms with van der Waals surface area (Å²) in [5.74, 6) is -0.189. The van der Waals surface area contributed by atoms with Crippen molar-refractivity contribution in [2.24, 2.45) is 0 Å². The van der Waals surface area contributed by atoms with Gasteiger partial charge in [0.1, 0.15) is 24.4 Å². The third-order valence-corrected chi connectivity index (χ3v) is 16.7. The maximum atomic E-state index is 13.1. The molecule has 9 heteroatoms. The maximum absolute atomic E-state index is 13.1. The van der Waals surface area contributed by atoms with Gasteiger partial charge in [-0.15, -0.1) is 0 Å². The highest BCUT2D eigenvalue weighted by Gasteiger charge is 2.44. The molecule has 1 amide bonds. The summed E-state index contributed by atoms with van der Waals surface area (Å²) in [6, 6.07) is -0.834. The van der Waals surface area contributed by atoms with Crippen LogP contribution in [0.4, 0.5) is 0 Å². The van der Waals surface area contributed by atoms with Crippen molar-refractivity contribution in [3.8, 4) is 0 Å². The third kappa shape index (κ3) is 51.4. The molecule has 9 nitrogen and oxygen atoms in total. The zero-order valence-electron chi connectivity index (χ0n) is 54.6. The van der Waals surface area contributed by atoms with E-state index in [1.54, 1.807) is 6.08 Å². The first-order chi connectivity index (χ1) is 41.3. The molecule has 0 aromatic rings. The number of aliphatic hydroxyl groups excluding tert-OH is 5. The van der Waals surface area contributed by atoms with E-state index < -0.39 is 49.5 Å². The van der Waals surface area contributed by atoms with Crippen molar-refractivity contribution in [1.82, 2.24) is 5.32 Å². The lowest BCUT2D eigenvalue weighted by Gasteiger charge is -2.40. The largest absolute Gasteiger partial charge is 0.394 e. The molecule has 7 atom stereocenters. The van der Waals surface area contributed by atoms with Crippen LogP contribution in [-0.2, 0) is 14.3 Å². The molecule has 84 heavy (non-hydrogen) atoms. The SMILES string of the molecule is CC/C=C\C/C=C\C/C=C\C/C=C\CCCCCCCCCCCCCCCCCCC(=O)NC(COC1OC(CO)C(O)C(O)C1O)C(O)/C=C/CC/C=C/CC/C=C/CCCCCCCCCCCCCCCCCCCCCCCC. The summed E-state index contributed by atoms with van der Waals surface area (Å²) >= 11 is 0. The first-order valence-corrected chi connectivity index (χ1v) is 35.8. The highest BCUT2D eigenvalue weighted by atomic mass is 16.7. The monoisotopic (exact) mass is 1180 g/mol. The average molecular weight is 1180 g/mol. The highest BCUT2D eigenvalue weighted by molar-refractivity contribution is 5.76. The summed E-state index contributed by atoms with van der Waals surface area (Å²) in [5.41, 5.74) is 0. The van der Waals surface area contributed by atoms with E-state index in [-0.39, 0.29) is 12.5 Å². The van der Waals surface area contributed by atoms with E-state index >= 15 is 0 Å². The number of rotatable bonds is 62. The first-order valence-electron chi connectivity index (χ1n) is 35.8. The highest BCUT2D eigenvalue weighted by Crippen LogP contribution is 2.23. The molecular formula is C75H135NO8. The van der Waals surface area contributed by atoms with Gasteiger partial charge in [0.2, 0.25) is 5.91 Å². The van der Waals surface area contributed by atoms with Crippen molar-refractivity contribution in [1.29, 1.82) is 0 Å². The van der Waals surface area contributed by atoms with Gasteiger partial charge in [0.25, 0.3) is 0 Å². The van der Waals surface area contributed by atoms with Crippen LogP contribution in [0.15, 0.2) is 85.1 Å². The lowest BCUT2D eigenvalue weighted by molar-refractivity contribution is -0.302. The fraction of sp³-hybridized carbons (Fsp3) is 0.800. The maximum Gasteiger partial charge on any atom is 0.220 e. The summed E-state index contributed by atoms with van der Waals surface area (Å²) in [7, 11) is 0. The van der Waals surface area contributed by atoms with E-state index in [0.29, 0.717) is 6.42 Å². The Bertz CT molecular complexity index is 1600. The van der Waals surface area contributed by atoms with Gasteiger partial charge >= 0.3 is 0 Å². The minimum atomic E-state index is -1.58. The lowest BCUT2D eigenvalue weighted by atomic mass is 9.99. The van der Waals surface area contributed by atoms with Crippen LogP contribution >= 0.6 is 0 Å². The fourth-order valence-corrected chi connectivity index (χ4v) is 11.1. The molecule has 0 radical (unpaired) electrons. The van der Waals surface area contributed by atoms with E-state index in [1.807, 2.05) is 6.08 Å². The van der Waals surface area contributed by atoms with Gasteiger partial charge in [0.15, 0.2) is 6.29 Å². The van der Waals surface area contributed by atoms with Gasteiger partial charge in [-0.25, -0.2) is 0 Å². The second-order valence-corrected chi connectivity index (χ2v) is 24.6. The predicted octanol–water partition coefficient (Wildman–Crippen LogP) is 19.7. The van der Waals surface area contributed by atoms with E-state index in [2.05, 4.69) is 92.1 Å². The van der Waals surface area contributed by atoms with Crippen molar-refractivity contribution in [2.75, 3.05) is 13.2 Å². The van der Waals surface area contributed by atoms with Gasteiger partial charge in [-0.3, -0.25) is 4.79 Å². The molecule has 0 aromatic heterocycles. The van der Waals surface area contributed by atoms with E-state index in [1.165, 1.54) is 238 Å². The standard InChI is InChI=1S/C75H135NO8/c1-3-5-7-9-11-13-15-17-19-21-23-25-27-29-31-33-34-35-37-38-40-42-44-46-48-50-52-54-56-58-60-62-64-69(78)68(67-83-75-74(82)73(81)72(80)70(66-77)84-75)76-71(79)65-63-61-59-57-55-53-51-49-47-45-43-41-39-36-32-30-28-26-24-22-20-18-16-14-12-10-8-6-4-2/h6,8,12,14,18,20,24,26,46,48,54,56,62,64,68-70,72-75,77-78,80-82H,3-5,7,9-11,13,15-17,19,21-23,25,27-45,47,49-53,55,57-61,63,65-67H2,1-2H3,(H,76,79)/b8-6-,14-12-,20-18-,26-24-,48-46+,56-54+,64-62+. The summed E-state index contributed by atoms with van der Waals surface area (Å²) in [4.78, 5) is 13.1. The number of ether oxygens (including phenoxy) is 2. The second kappa shape index (κ2) is 63.4. The second-order valence-electron chi connectivity index (χ2n) is 24.6. The zero-order chi connectivity index (χ0) is 60.7. The molecule has 1 aliphatic heterocycles. The van der Waals surface area contributed by atoms with Crippen LogP contribution in [0.25, 0.3) is 0 Å².